The molecule has 0 aliphatic carbocycles. The summed E-state index contributed by atoms with van der Waals surface area (Å²) in [6, 6.07) is 5.99. The largest absolute Gasteiger partial charge is 0.388 e. The fourth-order valence-corrected chi connectivity index (χ4v) is 2.26. The molecule has 4 nitrogen and oxygen atoms in total. The van der Waals surface area contributed by atoms with Crippen LogP contribution in [0.3, 0.4) is 0 Å². The molecule has 0 spiro atoms. The van der Waals surface area contributed by atoms with E-state index in [1.165, 1.54) is 0 Å². The highest BCUT2D eigenvalue weighted by atomic mass is 16.3. The predicted octanol–water partition coefficient (Wildman–Crippen LogP) is 1.60. The minimum atomic E-state index is -0.808. The van der Waals surface area contributed by atoms with Crippen LogP contribution in [0.2, 0.25) is 0 Å². The summed E-state index contributed by atoms with van der Waals surface area (Å²) in [5, 5.41) is 13.3. The highest BCUT2D eigenvalue weighted by molar-refractivity contribution is 5.76. The second-order valence-electron chi connectivity index (χ2n) is 4.98. The van der Waals surface area contributed by atoms with E-state index in [4.69, 9.17) is 0 Å². The number of fused-ring (bicyclic) bond motifs is 1. The molecule has 4 heteroatoms. The Morgan fingerprint density at radius 2 is 2.12 bits per heavy atom. The number of imidazole rings is 1. The SMILES string of the molecule is CNC(c1ccc2c(c1)ncn2C)C(C)(C)O. The quantitative estimate of drug-likeness (QED) is 0.846. The molecule has 0 radical (unpaired) electrons. The third kappa shape index (κ3) is 2.18. The van der Waals surface area contributed by atoms with Crippen molar-refractivity contribution in [3.63, 3.8) is 0 Å². The summed E-state index contributed by atoms with van der Waals surface area (Å²) in [4.78, 5) is 4.33. The number of hydrogen-bond acceptors (Lipinski definition) is 3. The van der Waals surface area contributed by atoms with Crippen LogP contribution in [0, 0.1) is 0 Å². The number of rotatable bonds is 3. The van der Waals surface area contributed by atoms with Crippen LogP contribution in [0.5, 0.6) is 0 Å². The fourth-order valence-electron chi connectivity index (χ4n) is 2.26. The van der Waals surface area contributed by atoms with Gasteiger partial charge in [-0.25, -0.2) is 4.98 Å². The lowest BCUT2D eigenvalue weighted by Crippen LogP contribution is -2.37. The van der Waals surface area contributed by atoms with Crippen molar-refractivity contribution in [2.75, 3.05) is 7.05 Å². The van der Waals surface area contributed by atoms with Gasteiger partial charge in [-0.15, -0.1) is 0 Å². The number of aryl methyl sites for hydroxylation is 1. The maximum absolute atomic E-state index is 10.1. The molecule has 0 aliphatic heterocycles. The first-order valence-electron chi connectivity index (χ1n) is 5.74. The van der Waals surface area contributed by atoms with Gasteiger partial charge in [0.15, 0.2) is 0 Å². The summed E-state index contributed by atoms with van der Waals surface area (Å²) >= 11 is 0. The van der Waals surface area contributed by atoms with Gasteiger partial charge in [-0.3, -0.25) is 0 Å². The van der Waals surface area contributed by atoms with E-state index < -0.39 is 5.60 Å². The van der Waals surface area contributed by atoms with E-state index in [0.29, 0.717) is 0 Å². The summed E-state index contributed by atoms with van der Waals surface area (Å²) in [6.07, 6.45) is 1.80. The Morgan fingerprint density at radius 3 is 2.71 bits per heavy atom. The smallest absolute Gasteiger partial charge is 0.0955 e. The van der Waals surface area contributed by atoms with Crippen molar-refractivity contribution in [3.05, 3.63) is 30.1 Å². The summed E-state index contributed by atoms with van der Waals surface area (Å²) in [5.41, 5.74) is 2.29. The van der Waals surface area contributed by atoms with Crippen LogP contribution in [-0.2, 0) is 7.05 Å². The third-order valence-electron chi connectivity index (χ3n) is 3.08. The molecule has 1 unspecified atom stereocenters. The molecule has 0 aliphatic rings. The monoisotopic (exact) mass is 233 g/mol. The zero-order valence-electron chi connectivity index (χ0n) is 10.7. The van der Waals surface area contributed by atoms with Gasteiger partial charge >= 0.3 is 0 Å². The van der Waals surface area contributed by atoms with Crippen LogP contribution in [-0.4, -0.2) is 27.3 Å². The number of hydrogen-bond donors (Lipinski definition) is 2. The number of benzene rings is 1. The van der Waals surface area contributed by atoms with Crippen molar-refractivity contribution in [1.29, 1.82) is 0 Å². The highest BCUT2D eigenvalue weighted by Gasteiger charge is 2.27. The van der Waals surface area contributed by atoms with Crippen LogP contribution in [0.15, 0.2) is 24.5 Å². The molecular weight excluding hydrogens is 214 g/mol. The number of nitrogens with zero attached hydrogens (tertiary/aromatic N) is 2. The Labute approximate surface area is 101 Å². The average molecular weight is 233 g/mol. The van der Waals surface area contributed by atoms with Crippen LogP contribution in [0.25, 0.3) is 11.0 Å². The van der Waals surface area contributed by atoms with E-state index in [0.717, 1.165) is 16.6 Å². The van der Waals surface area contributed by atoms with Gasteiger partial charge < -0.3 is 15.0 Å². The summed E-state index contributed by atoms with van der Waals surface area (Å²) in [5.74, 6) is 0. The van der Waals surface area contributed by atoms with Crippen molar-refractivity contribution < 1.29 is 5.11 Å². The van der Waals surface area contributed by atoms with Gasteiger partial charge in [0.25, 0.3) is 0 Å². The molecule has 0 amide bonds. The molecule has 2 N–H and O–H groups in total. The van der Waals surface area contributed by atoms with Crippen LogP contribution < -0.4 is 5.32 Å². The van der Waals surface area contributed by atoms with Crippen LogP contribution in [0.1, 0.15) is 25.5 Å². The summed E-state index contributed by atoms with van der Waals surface area (Å²) in [6.45, 7) is 3.60. The number of aromatic nitrogens is 2. The molecule has 2 rings (SSSR count). The molecule has 2 aromatic rings. The number of aliphatic hydroxyl groups is 1. The molecule has 0 bridgehead atoms. The first kappa shape index (κ1) is 12.1. The Bertz CT molecular complexity index is 525. The zero-order chi connectivity index (χ0) is 12.6. The first-order chi connectivity index (χ1) is 7.93. The topological polar surface area (TPSA) is 50.1 Å². The molecule has 0 fully saturated rings. The molecule has 1 aromatic heterocycles. The molecule has 1 heterocycles. The second kappa shape index (κ2) is 4.13. The van der Waals surface area contributed by atoms with Gasteiger partial charge in [0.2, 0.25) is 0 Å². The van der Waals surface area contributed by atoms with Crippen LogP contribution >= 0.6 is 0 Å². The summed E-state index contributed by atoms with van der Waals surface area (Å²) in [7, 11) is 3.83. The average Bonchev–Trinajstić information content (AvgIpc) is 2.59. The number of likely N-dealkylation sites (N-methyl/N-ethyl adjacent to an activating group) is 1. The van der Waals surface area contributed by atoms with Gasteiger partial charge in [0.05, 0.1) is 29.0 Å². The molecule has 1 aromatic carbocycles. The predicted molar refractivity (Wildman–Crippen MR) is 68.8 cm³/mol. The zero-order valence-corrected chi connectivity index (χ0v) is 10.7. The Morgan fingerprint density at radius 1 is 1.41 bits per heavy atom. The van der Waals surface area contributed by atoms with Crippen molar-refractivity contribution >= 4 is 11.0 Å². The maximum atomic E-state index is 10.1. The molecule has 92 valence electrons. The van der Waals surface area contributed by atoms with Gasteiger partial charge in [-0.2, -0.15) is 0 Å². The maximum Gasteiger partial charge on any atom is 0.0955 e. The highest BCUT2D eigenvalue weighted by Crippen LogP contribution is 2.27. The van der Waals surface area contributed by atoms with Crippen molar-refractivity contribution in [1.82, 2.24) is 14.9 Å². The lowest BCUT2D eigenvalue weighted by Gasteiger charge is -2.29. The van der Waals surface area contributed by atoms with E-state index in [-0.39, 0.29) is 6.04 Å². The Hall–Kier alpha value is -1.39. The van der Waals surface area contributed by atoms with Crippen molar-refractivity contribution in [3.8, 4) is 0 Å². The standard InChI is InChI=1S/C13H19N3O/c1-13(2,17)12(14-3)9-5-6-11-10(7-9)15-8-16(11)4/h5-8,12,14,17H,1-4H3. The van der Waals surface area contributed by atoms with Crippen molar-refractivity contribution in [2.45, 2.75) is 25.5 Å². The van der Waals surface area contributed by atoms with E-state index in [2.05, 4.69) is 10.3 Å². The summed E-state index contributed by atoms with van der Waals surface area (Å²) < 4.78 is 1.98. The van der Waals surface area contributed by atoms with Crippen molar-refractivity contribution in [2.24, 2.45) is 7.05 Å². The third-order valence-corrected chi connectivity index (χ3v) is 3.08. The van der Waals surface area contributed by atoms with Crippen LogP contribution in [0.4, 0.5) is 0 Å². The molecule has 1 atom stereocenters. The second-order valence-corrected chi connectivity index (χ2v) is 4.98. The van der Waals surface area contributed by atoms with E-state index >= 15 is 0 Å². The molecule has 17 heavy (non-hydrogen) atoms. The normalized spacial score (nSPS) is 14.2. The van der Waals surface area contributed by atoms with E-state index in [1.807, 2.05) is 36.9 Å². The van der Waals surface area contributed by atoms with Gasteiger partial charge in [0.1, 0.15) is 0 Å². The first-order valence-corrected chi connectivity index (χ1v) is 5.74. The fraction of sp³-hybridized carbons (Fsp3) is 0.462. The van der Waals surface area contributed by atoms with Gasteiger partial charge in [-0.1, -0.05) is 6.07 Å². The van der Waals surface area contributed by atoms with Gasteiger partial charge in [0, 0.05) is 7.05 Å². The molecular formula is C13H19N3O. The lowest BCUT2D eigenvalue weighted by molar-refractivity contribution is 0.0401. The lowest BCUT2D eigenvalue weighted by atomic mass is 9.92. The van der Waals surface area contributed by atoms with E-state index in [1.54, 1.807) is 20.2 Å². The Kier molecular flexibility index (Phi) is 2.93. The Balaban J connectivity index is 2.48. The molecule has 0 saturated heterocycles. The minimum Gasteiger partial charge on any atom is -0.388 e. The van der Waals surface area contributed by atoms with E-state index in [9.17, 15) is 5.11 Å². The molecule has 0 saturated carbocycles. The minimum absolute atomic E-state index is 0.103. The number of nitrogens with one attached hydrogen (secondary N) is 1. The van der Waals surface area contributed by atoms with Gasteiger partial charge in [-0.05, 0) is 38.6 Å².